The zero-order valence-electron chi connectivity index (χ0n) is 14.6. The Morgan fingerprint density at radius 3 is 1.36 bits per heavy atom. The molecule has 0 fully saturated rings. The van der Waals surface area contributed by atoms with Gasteiger partial charge in [-0.05, 0) is 51.4 Å². The predicted octanol–water partition coefficient (Wildman–Crippen LogP) is 7.52. The summed E-state index contributed by atoms with van der Waals surface area (Å²) in [4.78, 5) is 0. The van der Waals surface area contributed by atoms with Crippen LogP contribution in [0.1, 0.15) is 71.1 Å². The summed E-state index contributed by atoms with van der Waals surface area (Å²) in [6.07, 6.45) is 33.9. The summed E-state index contributed by atoms with van der Waals surface area (Å²) in [6, 6.07) is 0. The highest BCUT2D eigenvalue weighted by Crippen LogP contribution is 2.01. The fourth-order valence-corrected chi connectivity index (χ4v) is 1.95. The van der Waals surface area contributed by atoms with Gasteiger partial charge in [0.15, 0.2) is 0 Å². The summed E-state index contributed by atoms with van der Waals surface area (Å²) < 4.78 is 0. The fraction of sp³-hybridized carbons (Fsp3) is 0.500. The van der Waals surface area contributed by atoms with E-state index in [9.17, 15) is 0 Å². The van der Waals surface area contributed by atoms with Gasteiger partial charge in [0.1, 0.15) is 0 Å². The molecule has 0 aromatic rings. The molecule has 22 heavy (non-hydrogen) atoms. The van der Waals surface area contributed by atoms with Crippen molar-refractivity contribution in [1.29, 1.82) is 0 Å². The molecule has 0 aliphatic carbocycles. The van der Waals surface area contributed by atoms with Crippen LogP contribution in [0.25, 0.3) is 0 Å². The standard InChI is InChI=1S/C22H35/c1-3-5-7-9-11-13-15-17-19-21-22-20-18-16-14-12-10-8-6-4-2/h7,9,12-15,18-21H,1,3-6,8,10-11,16-17,22H2,2H3. The molecule has 0 heteroatoms. The second-order valence-electron chi connectivity index (χ2n) is 5.44. The lowest BCUT2D eigenvalue weighted by Gasteiger charge is -1.90. The van der Waals surface area contributed by atoms with Crippen LogP contribution >= 0.6 is 0 Å². The van der Waals surface area contributed by atoms with E-state index < -0.39 is 0 Å². The van der Waals surface area contributed by atoms with E-state index in [1.807, 2.05) is 0 Å². The summed E-state index contributed by atoms with van der Waals surface area (Å²) >= 11 is 0. The summed E-state index contributed by atoms with van der Waals surface area (Å²) in [5.41, 5.74) is 0. The molecule has 0 aromatic carbocycles. The minimum atomic E-state index is 0.991. The van der Waals surface area contributed by atoms with Gasteiger partial charge in [-0.25, -0.2) is 0 Å². The number of hydrogen-bond donors (Lipinski definition) is 0. The third-order valence-corrected chi connectivity index (χ3v) is 3.27. The third-order valence-electron chi connectivity index (χ3n) is 3.27. The molecular weight excluding hydrogens is 264 g/mol. The molecule has 0 aliphatic heterocycles. The first-order valence-corrected chi connectivity index (χ1v) is 8.96. The van der Waals surface area contributed by atoms with Gasteiger partial charge >= 0.3 is 0 Å². The molecule has 0 aromatic heterocycles. The quantitative estimate of drug-likeness (QED) is 0.230. The van der Waals surface area contributed by atoms with E-state index >= 15 is 0 Å². The molecule has 0 amide bonds. The van der Waals surface area contributed by atoms with Crippen molar-refractivity contribution in [1.82, 2.24) is 0 Å². The van der Waals surface area contributed by atoms with Crippen LogP contribution < -0.4 is 0 Å². The number of unbranched alkanes of at least 4 members (excludes halogenated alkanes) is 4. The topological polar surface area (TPSA) is 0 Å². The van der Waals surface area contributed by atoms with Gasteiger partial charge in [-0.1, -0.05) is 87.4 Å². The molecule has 1 radical (unpaired) electrons. The van der Waals surface area contributed by atoms with E-state index in [1.54, 1.807) is 0 Å². The molecule has 0 bridgehead atoms. The molecule has 0 atom stereocenters. The first kappa shape index (κ1) is 20.7. The van der Waals surface area contributed by atoms with Crippen LogP contribution in [-0.2, 0) is 0 Å². The Kier molecular flexibility index (Phi) is 18.5. The molecule has 123 valence electrons. The third kappa shape index (κ3) is 18.7. The Bertz CT molecular complexity index is 339. The second-order valence-corrected chi connectivity index (χ2v) is 5.44. The molecule has 0 spiro atoms. The molecule has 0 aliphatic rings. The largest absolute Gasteiger partial charge is 0.0882 e. The number of allylic oxidation sites excluding steroid dienone is 10. The minimum Gasteiger partial charge on any atom is -0.0882 e. The SMILES string of the molecule is [CH2]CCC=CCC=CCC=CCC=CCC=CCCCCC. The molecule has 0 rings (SSSR count). The molecule has 0 N–H and O–H groups in total. The molecule has 0 nitrogen and oxygen atoms in total. The summed E-state index contributed by atoms with van der Waals surface area (Å²) in [7, 11) is 0. The van der Waals surface area contributed by atoms with Crippen molar-refractivity contribution in [3.8, 4) is 0 Å². The average Bonchev–Trinajstić information content (AvgIpc) is 2.54. The monoisotopic (exact) mass is 299 g/mol. The maximum Gasteiger partial charge on any atom is -0.0169 e. The highest BCUT2D eigenvalue weighted by atomic mass is 13.9. The lowest BCUT2D eigenvalue weighted by Crippen LogP contribution is -1.70. The Balaban J connectivity index is 3.42. The summed E-state index contributed by atoms with van der Waals surface area (Å²) in [5.74, 6) is 0. The van der Waals surface area contributed by atoms with Crippen LogP contribution in [0.5, 0.6) is 0 Å². The van der Waals surface area contributed by atoms with Crippen molar-refractivity contribution in [2.45, 2.75) is 71.1 Å². The Labute approximate surface area is 139 Å². The second kappa shape index (κ2) is 19.7. The number of rotatable bonds is 14. The summed E-state index contributed by atoms with van der Waals surface area (Å²) in [5, 5.41) is 0. The zero-order valence-corrected chi connectivity index (χ0v) is 14.6. The first-order valence-electron chi connectivity index (χ1n) is 8.96. The maximum atomic E-state index is 3.81. The van der Waals surface area contributed by atoms with Crippen LogP contribution in [0, 0.1) is 6.92 Å². The van der Waals surface area contributed by atoms with Crippen molar-refractivity contribution >= 4 is 0 Å². The van der Waals surface area contributed by atoms with Crippen molar-refractivity contribution < 1.29 is 0 Å². The molecule has 0 saturated carbocycles. The van der Waals surface area contributed by atoms with Crippen molar-refractivity contribution in [2.75, 3.05) is 0 Å². The van der Waals surface area contributed by atoms with Gasteiger partial charge in [-0.3, -0.25) is 0 Å². The van der Waals surface area contributed by atoms with E-state index in [1.165, 1.54) is 25.7 Å². The van der Waals surface area contributed by atoms with E-state index in [0.717, 1.165) is 38.5 Å². The van der Waals surface area contributed by atoms with Crippen molar-refractivity contribution in [3.05, 3.63) is 67.7 Å². The van der Waals surface area contributed by atoms with Crippen LogP contribution in [0.2, 0.25) is 0 Å². The molecular formula is C22H35. The first-order chi connectivity index (χ1) is 10.9. The van der Waals surface area contributed by atoms with E-state index in [-0.39, 0.29) is 0 Å². The van der Waals surface area contributed by atoms with Gasteiger partial charge in [0.05, 0.1) is 0 Å². The van der Waals surface area contributed by atoms with Gasteiger partial charge in [0, 0.05) is 0 Å². The Morgan fingerprint density at radius 1 is 0.545 bits per heavy atom. The lowest BCUT2D eigenvalue weighted by atomic mass is 10.2. The lowest BCUT2D eigenvalue weighted by molar-refractivity contribution is 0.728. The van der Waals surface area contributed by atoms with Gasteiger partial charge < -0.3 is 0 Å². The Hall–Kier alpha value is -1.30. The van der Waals surface area contributed by atoms with E-state index in [4.69, 9.17) is 0 Å². The van der Waals surface area contributed by atoms with Crippen LogP contribution in [0.3, 0.4) is 0 Å². The minimum absolute atomic E-state index is 0.991. The van der Waals surface area contributed by atoms with E-state index in [0.29, 0.717) is 0 Å². The molecule has 0 unspecified atom stereocenters. The fourth-order valence-electron chi connectivity index (χ4n) is 1.95. The van der Waals surface area contributed by atoms with Gasteiger partial charge in [0.2, 0.25) is 0 Å². The predicted molar refractivity (Wildman–Crippen MR) is 103 cm³/mol. The van der Waals surface area contributed by atoms with Gasteiger partial charge in [-0.15, -0.1) is 0 Å². The highest BCUT2D eigenvalue weighted by Gasteiger charge is 1.80. The van der Waals surface area contributed by atoms with E-state index in [2.05, 4.69) is 74.6 Å². The van der Waals surface area contributed by atoms with Crippen molar-refractivity contribution in [3.63, 3.8) is 0 Å². The maximum absolute atomic E-state index is 3.81. The van der Waals surface area contributed by atoms with Crippen LogP contribution in [-0.4, -0.2) is 0 Å². The summed E-state index contributed by atoms with van der Waals surface area (Å²) in [6.45, 7) is 6.06. The zero-order chi connectivity index (χ0) is 16.1. The molecule has 0 saturated heterocycles. The van der Waals surface area contributed by atoms with Crippen LogP contribution in [0.4, 0.5) is 0 Å². The van der Waals surface area contributed by atoms with Crippen molar-refractivity contribution in [2.24, 2.45) is 0 Å². The molecule has 0 heterocycles. The Morgan fingerprint density at radius 2 is 0.955 bits per heavy atom. The van der Waals surface area contributed by atoms with Crippen LogP contribution in [0.15, 0.2) is 60.8 Å². The smallest absolute Gasteiger partial charge is 0.0169 e. The highest BCUT2D eigenvalue weighted by molar-refractivity contribution is 5.00. The normalized spacial score (nSPS) is 13.0. The average molecular weight is 300 g/mol. The number of hydrogen-bond acceptors (Lipinski definition) is 0. The van der Waals surface area contributed by atoms with Gasteiger partial charge in [0.25, 0.3) is 0 Å². The van der Waals surface area contributed by atoms with Gasteiger partial charge in [-0.2, -0.15) is 0 Å².